The summed E-state index contributed by atoms with van der Waals surface area (Å²) in [4.78, 5) is 23.2. The summed E-state index contributed by atoms with van der Waals surface area (Å²) in [5.74, 6) is -1.31. The van der Waals surface area contributed by atoms with E-state index in [1.807, 2.05) is 25.1 Å². The van der Waals surface area contributed by atoms with E-state index in [1.54, 1.807) is 24.7 Å². The fourth-order valence-electron chi connectivity index (χ4n) is 1.66. The zero-order chi connectivity index (χ0) is 14.4. The molecule has 2 N–H and O–H groups in total. The molecule has 0 bridgehead atoms. The molecule has 0 aliphatic carbocycles. The third-order valence-corrected chi connectivity index (χ3v) is 2.79. The maximum absolute atomic E-state index is 11.6. The molecule has 1 aromatic carbocycles. The van der Waals surface area contributed by atoms with Crippen molar-refractivity contribution < 1.29 is 14.0 Å². The van der Waals surface area contributed by atoms with Crippen LogP contribution in [-0.2, 0) is 16.0 Å². The number of hydrogen-bond donors (Lipinski definition) is 2. The van der Waals surface area contributed by atoms with E-state index in [9.17, 15) is 9.59 Å². The molecule has 2 amide bonds. The first kappa shape index (κ1) is 13.9. The number of anilines is 1. The quantitative estimate of drug-likeness (QED) is 0.835. The summed E-state index contributed by atoms with van der Waals surface area (Å²) >= 11 is 0. The standard InChI is InChI=1S/C15H16N2O3/c1-11-2-4-13(5-3-11)17-15(19)14(18)16-8-6-12-7-9-20-10-12/h2-5,7,9-10H,6,8H2,1H3,(H,16,18)(H,17,19). The van der Waals surface area contributed by atoms with Crippen LogP contribution in [0.2, 0.25) is 0 Å². The highest BCUT2D eigenvalue weighted by atomic mass is 16.3. The molecule has 0 atom stereocenters. The Hall–Kier alpha value is -2.56. The predicted octanol–water partition coefficient (Wildman–Crippen LogP) is 1.89. The summed E-state index contributed by atoms with van der Waals surface area (Å²) in [5, 5.41) is 5.10. The molecular formula is C15H16N2O3. The van der Waals surface area contributed by atoms with Gasteiger partial charge in [-0.15, -0.1) is 0 Å². The first-order valence-corrected chi connectivity index (χ1v) is 6.32. The largest absolute Gasteiger partial charge is 0.472 e. The summed E-state index contributed by atoms with van der Waals surface area (Å²) < 4.78 is 4.92. The van der Waals surface area contributed by atoms with E-state index in [-0.39, 0.29) is 0 Å². The predicted molar refractivity (Wildman–Crippen MR) is 75.2 cm³/mol. The van der Waals surface area contributed by atoms with Gasteiger partial charge in [-0.2, -0.15) is 0 Å². The van der Waals surface area contributed by atoms with Gasteiger partial charge in [-0.3, -0.25) is 9.59 Å². The molecule has 2 rings (SSSR count). The molecule has 0 unspecified atom stereocenters. The second kappa shape index (κ2) is 6.56. The number of carbonyl (C=O) groups is 2. The molecule has 104 valence electrons. The molecule has 0 saturated heterocycles. The minimum atomic E-state index is -0.666. The Morgan fingerprint density at radius 1 is 1.10 bits per heavy atom. The molecule has 0 radical (unpaired) electrons. The zero-order valence-electron chi connectivity index (χ0n) is 11.2. The van der Waals surface area contributed by atoms with Gasteiger partial charge in [0.1, 0.15) is 0 Å². The van der Waals surface area contributed by atoms with Crippen molar-refractivity contribution in [1.82, 2.24) is 5.32 Å². The number of hydrogen-bond acceptors (Lipinski definition) is 3. The van der Waals surface area contributed by atoms with Crippen molar-refractivity contribution in [3.8, 4) is 0 Å². The van der Waals surface area contributed by atoms with Crippen LogP contribution in [0.15, 0.2) is 47.3 Å². The summed E-state index contributed by atoms with van der Waals surface area (Å²) in [6, 6.07) is 9.06. The molecule has 20 heavy (non-hydrogen) atoms. The van der Waals surface area contributed by atoms with Crippen molar-refractivity contribution >= 4 is 17.5 Å². The Labute approximate surface area is 117 Å². The summed E-state index contributed by atoms with van der Waals surface area (Å²) in [7, 11) is 0. The van der Waals surface area contributed by atoms with Gasteiger partial charge >= 0.3 is 11.8 Å². The van der Waals surface area contributed by atoms with Crippen LogP contribution >= 0.6 is 0 Å². The van der Waals surface area contributed by atoms with Gasteiger partial charge in [0.2, 0.25) is 0 Å². The number of rotatable bonds is 4. The van der Waals surface area contributed by atoms with Crippen LogP contribution in [0.5, 0.6) is 0 Å². The molecule has 1 heterocycles. The van der Waals surface area contributed by atoms with Gasteiger partial charge in [-0.1, -0.05) is 17.7 Å². The van der Waals surface area contributed by atoms with Crippen molar-refractivity contribution in [3.63, 3.8) is 0 Å². The smallest absolute Gasteiger partial charge is 0.313 e. The van der Waals surface area contributed by atoms with Crippen LogP contribution in [0.25, 0.3) is 0 Å². The van der Waals surface area contributed by atoms with Gasteiger partial charge in [0.15, 0.2) is 0 Å². The van der Waals surface area contributed by atoms with Crippen LogP contribution in [0.4, 0.5) is 5.69 Å². The third kappa shape index (κ3) is 3.98. The molecule has 0 aliphatic rings. The number of benzene rings is 1. The lowest BCUT2D eigenvalue weighted by molar-refractivity contribution is -0.136. The highest BCUT2D eigenvalue weighted by Gasteiger charge is 2.12. The van der Waals surface area contributed by atoms with Crippen LogP contribution in [0, 0.1) is 6.92 Å². The maximum Gasteiger partial charge on any atom is 0.313 e. The van der Waals surface area contributed by atoms with E-state index >= 15 is 0 Å². The third-order valence-electron chi connectivity index (χ3n) is 2.79. The van der Waals surface area contributed by atoms with Gasteiger partial charge in [0.05, 0.1) is 12.5 Å². The molecule has 5 heteroatoms. The van der Waals surface area contributed by atoms with Crippen molar-refractivity contribution in [2.75, 3.05) is 11.9 Å². The zero-order valence-corrected chi connectivity index (χ0v) is 11.2. The Morgan fingerprint density at radius 2 is 1.85 bits per heavy atom. The summed E-state index contributed by atoms with van der Waals surface area (Å²) in [6.07, 6.45) is 3.81. The molecule has 1 aromatic heterocycles. The van der Waals surface area contributed by atoms with Gasteiger partial charge in [0, 0.05) is 12.2 Å². The van der Waals surface area contributed by atoms with Gasteiger partial charge in [-0.25, -0.2) is 0 Å². The molecule has 5 nitrogen and oxygen atoms in total. The Bertz CT molecular complexity index is 574. The van der Waals surface area contributed by atoms with E-state index in [2.05, 4.69) is 10.6 Å². The average molecular weight is 272 g/mol. The molecule has 2 aromatic rings. The topological polar surface area (TPSA) is 71.3 Å². The van der Waals surface area contributed by atoms with Crippen LogP contribution in [0.3, 0.4) is 0 Å². The Morgan fingerprint density at radius 3 is 2.50 bits per heavy atom. The van der Waals surface area contributed by atoms with Crippen molar-refractivity contribution in [2.45, 2.75) is 13.3 Å². The van der Waals surface area contributed by atoms with Crippen molar-refractivity contribution in [1.29, 1.82) is 0 Å². The molecule has 0 saturated carbocycles. The lowest BCUT2D eigenvalue weighted by atomic mass is 10.2. The van der Waals surface area contributed by atoms with Crippen LogP contribution in [0.1, 0.15) is 11.1 Å². The maximum atomic E-state index is 11.6. The Kier molecular flexibility index (Phi) is 4.55. The monoisotopic (exact) mass is 272 g/mol. The van der Waals surface area contributed by atoms with E-state index < -0.39 is 11.8 Å². The van der Waals surface area contributed by atoms with Gasteiger partial charge in [0.25, 0.3) is 0 Å². The minimum absolute atomic E-state index is 0.389. The molecule has 0 spiro atoms. The summed E-state index contributed by atoms with van der Waals surface area (Å²) in [5.41, 5.74) is 2.67. The van der Waals surface area contributed by atoms with Crippen LogP contribution < -0.4 is 10.6 Å². The first-order chi connectivity index (χ1) is 9.65. The van der Waals surface area contributed by atoms with E-state index in [1.165, 1.54) is 0 Å². The van der Waals surface area contributed by atoms with Crippen LogP contribution in [-0.4, -0.2) is 18.4 Å². The van der Waals surface area contributed by atoms with E-state index in [0.29, 0.717) is 18.7 Å². The number of furan rings is 1. The fraction of sp³-hybridized carbons (Fsp3) is 0.200. The molecule has 0 fully saturated rings. The fourth-order valence-corrected chi connectivity index (χ4v) is 1.66. The molecular weight excluding hydrogens is 256 g/mol. The number of nitrogens with one attached hydrogen (secondary N) is 2. The average Bonchev–Trinajstić information content (AvgIpc) is 2.94. The SMILES string of the molecule is Cc1ccc(NC(=O)C(=O)NCCc2ccoc2)cc1. The molecule has 0 aliphatic heterocycles. The minimum Gasteiger partial charge on any atom is -0.472 e. The van der Waals surface area contributed by atoms with Gasteiger partial charge < -0.3 is 15.1 Å². The number of carbonyl (C=O) groups excluding carboxylic acids is 2. The summed E-state index contributed by atoms with van der Waals surface area (Å²) in [6.45, 7) is 2.34. The van der Waals surface area contributed by atoms with Gasteiger partial charge in [-0.05, 0) is 37.1 Å². The second-order valence-electron chi connectivity index (χ2n) is 4.46. The van der Waals surface area contributed by atoms with Crippen molar-refractivity contribution in [2.24, 2.45) is 0 Å². The first-order valence-electron chi connectivity index (χ1n) is 6.32. The Balaban J connectivity index is 1.77. The lowest BCUT2D eigenvalue weighted by Crippen LogP contribution is -2.36. The number of amides is 2. The normalized spacial score (nSPS) is 10.1. The highest BCUT2D eigenvalue weighted by Crippen LogP contribution is 2.08. The highest BCUT2D eigenvalue weighted by molar-refractivity contribution is 6.39. The lowest BCUT2D eigenvalue weighted by Gasteiger charge is -2.06. The number of aryl methyl sites for hydroxylation is 1. The van der Waals surface area contributed by atoms with E-state index in [4.69, 9.17) is 4.42 Å². The van der Waals surface area contributed by atoms with E-state index in [0.717, 1.165) is 11.1 Å². The second-order valence-corrected chi connectivity index (χ2v) is 4.46. The van der Waals surface area contributed by atoms with Crippen molar-refractivity contribution in [3.05, 3.63) is 54.0 Å².